The molecule has 0 rings (SSSR count). The summed E-state index contributed by atoms with van der Waals surface area (Å²) >= 11 is 0. The topological polar surface area (TPSA) is 39.8 Å². The molecule has 0 amide bonds. The van der Waals surface area contributed by atoms with E-state index < -0.39 is 0 Å². The van der Waals surface area contributed by atoms with E-state index in [4.69, 9.17) is 9.30 Å². The second kappa shape index (κ2) is 133000000. The first-order chi connectivity index (χ1) is 2.00. The van der Waals surface area contributed by atoms with Gasteiger partial charge in [0.1, 0.15) is 0 Å². The quantitative estimate of drug-likeness (QED) is 0.239. The van der Waals surface area contributed by atoms with Crippen molar-refractivity contribution in [3.63, 3.8) is 0 Å². The molecule has 0 bridgehead atoms. The Hall–Kier alpha value is -0.000519. The molecule has 0 aliphatic carbocycles. The zero-order chi connectivity index (χ0) is 4.00. The van der Waals surface area contributed by atoms with Gasteiger partial charge in [-0.25, -0.2) is 0 Å². The molecule has 0 heterocycles. The van der Waals surface area contributed by atoms with E-state index in [1.165, 1.54) is 0 Å². The summed E-state index contributed by atoms with van der Waals surface area (Å²) in [6.45, 7) is 9.00. The average molecular weight is 112 g/mol. The van der Waals surface area contributed by atoms with Gasteiger partial charge in [0.2, 0.25) is 0 Å². The number of rotatable bonds is 0. The van der Waals surface area contributed by atoms with Crippen LogP contribution in [-0.2, 0) is 26.4 Å². The zero-order valence-corrected chi connectivity index (χ0v) is 3.27. The molecule has 0 N–H and O–H groups in total. The van der Waals surface area contributed by atoms with Crippen molar-refractivity contribution in [2.24, 2.45) is 0 Å². The van der Waals surface area contributed by atoms with E-state index >= 15 is 0 Å². The van der Waals surface area contributed by atoms with Crippen molar-refractivity contribution in [2.75, 3.05) is 0 Å². The summed E-state index contributed by atoms with van der Waals surface area (Å²) in [7, 11) is 0. The van der Waals surface area contributed by atoms with Gasteiger partial charge in [-0.15, -0.1) is 0 Å². The molecule has 0 aromatic carbocycles. The molecular formula is C2FeO2+4. The Morgan fingerprint density at radius 1 is 0.800 bits per heavy atom. The Morgan fingerprint density at radius 3 is 0.800 bits per heavy atom. The second-order valence-corrected chi connectivity index (χ2v) is 0. The minimum absolute atomic E-state index is 0. The third-order valence-electron chi connectivity index (χ3n) is 0. The SMILES string of the molecule is [C-]#[O+].[C-]#[O+].[Fe+4]. The van der Waals surface area contributed by atoms with Crippen LogP contribution < -0.4 is 0 Å². The van der Waals surface area contributed by atoms with Gasteiger partial charge < -0.3 is 0 Å². The summed E-state index contributed by atoms with van der Waals surface area (Å²) < 4.78 is 15.0. The van der Waals surface area contributed by atoms with Crippen LogP contribution in [0, 0.1) is 13.3 Å². The molecule has 0 saturated heterocycles. The number of hydrogen-bond acceptors (Lipinski definition) is 0. The largest absolute Gasteiger partial charge is 4.00 e. The fourth-order valence-electron chi connectivity index (χ4n) is 0. The molecule has 3 heteroatoms. The van der Waals surface area contributed by atoms with Gasteiger partial charge in [0.05, 0.1) is 0 Å². The molecule has 0 spiro atoms. The molecule has 24 valence electrons. The third-order valence-corrected chi connectivity index (χ3v) is 0. The first-order valence-corrected chi connectivity index (χ1v) is 0.408. The maximum absolute atomic E-state index is 7.50. The molecule has 0 atom stereocenters. The van der Waals surface area contributed by atoms with Gasteiger partial charge in [-0.05, 0) is 0 Å². The Kier molecular flexibility index (Phi) is 533000000. The Labute approximate surface area is 40.5 Å². The molecule has 0 aromatic heterocycles. The maximum atomic E-state index is 7.50. The third kappa shape index (κ3) is 59300000. The van der Waals surface area contributed by atoms with Crippen LogP contribution in [0.1, 0.15) is 0 Å². The van der Waals surface area contributed by atoms with E-state index in [0.29, 0.717) is 0 Å². The van der Waals surface area contributed by atoms with E-state index in [1.807, 2.05) is 0 Å². The molecule has 5 heavy (non-hydrogen) atoms. The van der Waals surface area contributed by atoms with Gasteiger partial charge in [0.25, 0.3) is 0 Å². The van der Waals surface area contributed by atoms with Crippen LogP contribution in [0.3, 0.4) is 0 Å². The predicted molar refractivity (Wildman–Crippen MR) is 7.86 cm³/mol. The minimum Gasteiger partial charge on any atom is 4.00 e. The normalized spacial score (nSPS) is 0.800. The first-order valence-electron chi connectivity index (χ1n) is 0.408. The fourth-order valence-corrected chi connectivity index (χ4v) is 0. The van der Waals surface area contributed by atoms with Crippen LogP contribution >= 0.6 is 0 Å². The van der Waals surface area contributed by atoms with E-state index in [1.54, 1.807) is 0 Å². The summed E-state index contributed by atoms with van der Waals surface area (Å²) in [5.41, 5.74) is 0. The smallest absolute Gasteiger partial charge is 4.00 e. The van der Waals surface area contributed by atoms with Crippen LogP contribution in [-0.4, -0.2) is 0 Å². The molecule has 0 aromatic rings. The summed E-state index contributed by atoms with van der Waals surface area (Å²) in [5.74, 6) is 0. The molecule has 0 saturated carbocycles. The maximum Gasteiger partial charge on any atom is 4.00 e. The minimum atomic E-state index is 0. The van der Waals surface area contributed by atoms with Crippen LogP contribution in [0.5, 0.6) is 0 Å². The summed E-state index contributed by atoms with van der Waals surface area (Å²) in [6, 6.07) is 0. The van der Waals surface area contributed by atoms with E-state index in [0.717, 1.165) is 0 Å². The average Bonchev–Trinajstić information content (AvgIpc) is 1.50. The fraction of sp³-hybridized carbons (Fsp3) is 0. The van der Waals surface area contributed by atoms with Crippen LogP contribution in [0.4, 0.5) is 0 Å². The molecule has 0 fully saturated rings. The molecule has 2 nitrogen and oxygen atoms in total. The van der Waals surface area contributed by atoms with Gasteiger partial charge in [-0.3, -0.25) is 0 Å². The number of hydrogen-bond donors (Lipinski definition) is 0. The van der Waals surface area contributed by atoms with Gasteiger partial charge in [-0.2, -0.15) is 0 Å². The van der Waals surface area contributed by atoms with Crippen LogP contribution in [0.25, 0.3) is 0 Å². The molecule has 0 unspecified atom stereocenters. The standard InChI is InChI=1S/2CO.Fe/c2*1-2;/q;;+4. The van der Waals surface area contributed by atoms with Crippen molar-refractivity contribution in [1.29, 1.82) is 0 Å². The summed E-state index contributed by atoms with van der Waals surface area (Å²) in [5, 5.41) is 0. The van der Waals surface area contributed by atoms with Crippen LogP contribution in [0.15, 0.2) is 0 Å². The molecule has 0 radical (unpaired) electrons. The van der Waals surface area contributed by atoms with Crippen molar-refractivity contribution < 1.29 is 26.4 Å². The van der Waals surface area contributed by atoms with Crippen molar-refractivity contribution in [3.8, 4) is 0 Å². The van der Waals surface area contributed by atoms with Gasteiger partial charge in [-0.1, -0.05) is 0 Å². The van der Waals surface area contributed by atoms with Crippen molar-refractivity contribution in [3.05, 3.63) is 13.3 Å². The molecule has 0 aliphatic rings. The first kappa shape index (κ1) is 20.0. The Bertz CT molecular complexity index is 23.1. The second-order valence-electron chi connectivity index (χ2n) is 0. The zero-order valence-electron chi connectivity index (χ0n) is 2.17. The Balaban J connectivity index is -0.0000000133. The summed E-state index contributed by atoms with van der Waals surface area (Å²) in [6.07, 6.45) is 0. The molecule has 0 aliphatic heterocycles. The van der Waals surface area contributed by atoms with Crippen molar-refractivity contribution in [1.82, 2.24) is 0 Å². The van der Waals surface area contributed by atoms with E-state index in [9.17, 15) is 0 Å². The molecular weight excluding hydrogens is 112 g/mol. The van der Waals surface area contributed by atoms with Crippen LogP contribution in [0.2, 0.25) is 0 Å². The van der Waals surface area contributed by atoms with E-state index in [-0.39, 0.29) is 17.1 Å². The van der Waals surface area contributed by atoms with Crippen molar-refractivity contribution >= 4 is 0 Å². The predicted octanol–water partition coefficient (Wildman–Crippen LogP) is -0.0775. The van der Waals surface area contributed by atoms with Gasteiger partial charge in [0.15, 0.2) is 0 Å². The Morgan fingerprint density at radius 2 is 0.800 bits per heavy atom. The van der Waals surface area contributed by atoms with Gasteiger partial charge in [0, 0.05) is 0 Å². The van der Waals surface area contributed by atoms with E-state index in [2.05, 4.69) is 13.3 Å². The summed E-state index contributed by atoms with van der Waals surface area (Å²) in [4.78, 5) is 0. The van der Waals surface area contributed by atoms with Gasteiger partial charge >= 0.3 is 39.7 Å². The van der Waals surface area contributed by atoms with Crippen molar-refractivity contribution in [2.45, 2.75) is 0 Å². The monoisotopic (exact) mass is 112 g/mol.